The Morgan fingerprint density at radius 3 is 2.68 bits per heavy atom. The van der Waals surface area contributed by atoms with E-state index in [1.54, 1.807) is 4.57 Å². The molecule has 1 aromatic carbocycles. The van der Waals surface area contributed by atoms with Crippen LogP contribution in [0, 0.1) is 0 Å². The molecular weight excluding hydrogens is 336 g/mol. The van der Waals surface area contributed by atoms with Gasteiger partial charge in [-0.1, -0.05) is 51.1 Å². The van der Waals surface area contributed by atoms with E-state index < -0.39 is 0 Å². The first-order chi connectivity index (χ1) is 12.0. The number of H-pyrrole nitrogens is 1. The summed E-state index contributed by atoms with van der Waals surface area (Å²) < 4.78 is 1.59. The number of carbonyl (C=O) groups is 1. The van der Waals surface area contributed by atoms with Crippen LogP contribution in [0.25, 0.3) is 0 Å². The molecule has 1 atom stereocenters. The Kier molecular flexibility index (Phi) is 7.31. The summed E-state index contributed by atoms with van der Waals surface area (Å²) in [4.78, 5) is 23.9. The zero-order chi connectivity index (χ0) is 18.2. The van der Waals surface area contributed by atoms with Gasteiger partial charge in [-0.2, -0.15) is 0 Å². The quantitative estimate of drug-likeness (QED) is 0.668. The maximum absolute atomic E-state index is 12.1. The molecule has 2 aromatic rings. The van der Waals surface area contributed by atoms with E-state index >= 15 is 0 Å². The number of unbranched alkanes of at least 4 members (excludes halogenated alkanes) is 1. The third-order valence-electron chi connectivity index (χ3n) is 4.17. The third kappa shape index (κ3) is 5.49. The summed E-state index contributed by atoms with van der Waals surface area (Å²) in [6.45, 7) is 7.03. The molecule has 0 bridgehead atoms. The van der Waals surface area contributed by atoms with Crippen molar-refractivity contribution < 1.29 is 4.79 Å². The second kappa shape index (κ2) is 9.46. The Morgan fingerprint density at radius 1 is 1.32 bits per heavy atom. The number of hydrogen-bond acceptors (Lipinski definition) is 4. The van der Waals surface area contributed by atoms with Crippen LogP contribution in [0.5, 0.6) is 0 Å². The Hall–Kier alpha value is -2.02. The molecule has 1 amide bonds. The molecule has 25 heavy (non-hydrogen) atoms. The first kappa shape index (κ1) is 19.3. The van der Waals surface area contributed by atoms with Gasteiger partial charge in [0, 0.05) is 12.2 Å². The minimum absolute atomic E-state index is 0.112. The van der Waals surface area contributed by atoms with E-state index in [1.807, 2.05) is 24.3 Å². The van der Waals surface area contributed by atoms with Gasteiger partial charge in [0.25, 0.3) is 0 Å². The predicted molar refractivity (Wildman–Crippen MR) is 102 cm³/mol. The maximum atomic E-state index is 12.1. The molecule has 0 aliphatic heterocycles. The highest BCUT2D eigenvalue weighted by molar-refractivity contribution is 7.99. The smallest absolute Gasteiger partial charge is 0.325 e. The van der Waals surface area contributed by atoms with E-state index in [0.29, 0.717) is 17.6 Å². The highest BCUT2D eigenvalue weighted by Gasteiger charge is 2.11. The fourth-order valence-electron chi connectivity index (χ4n) is 2.38. The number of anilines is 1. The number of carbonyl (C=O) groups excluding carboxylic acids is 1. The molecule has 0 fully saturated rings. The first-order valence-corrected chi connectivity index (χ1v) is 9.71. The summed E-state index contributed by atoms with van der Waals surface area (Å²) in [6.07, 6.45) is 2.99. The molecule has 1 aromatic heterocycles. The molecule has 0 spiro atoms. The summed E-state index contributed by atoms with van der Waals surface area (Å²) in [7, 11) is 0. The highest BCUT2D eigenvalue weighted by atomic mass is 32.2. The van der Waals surface area contributed by atoms with Crippen molar-refractivity contribution in [1.29, 1.82) is 0 Å². The number of thioether (sulfide) groups is 1. The van der Waals surface area contributed by atoms with Crippen LogP contribution in [0.15, 0.2) is 34.2 Å². The van der Waals surface area contributed by atoms with E-state index in [4.69, 9.17) is 0 Å². The lowest BCUT2D eigenvalue weighted by Gasteiger charge is -2.10. The van der Waals surface area contributed by atoms with Crippen molar-refractivity contribution in [3.05, 3.63) is 40.3 Å². The summed E-state index contributed by atoms with van der Waals surface area (Å²) >= 11 is 1.27. The predicted octanol–water partition coefficient (Wildman–Crippen LogP) is 3.62. The van der Waals surface area contributed by atoms with Crippen molar-refractivity contribution in [3.63, 3.8) is 0 Å². The molecule has 0 saturated heterocycles. The van der Waals surface area contributed by atoms with Crippen LogP contribution in [-0.4, -0.2) is 26.4 Å². The van der Waals surface area contributed by atoms with E-state index in [9.17, 15) is 9.59 Å². The average molecular weight is 362 g/mol. The van der Waals surface area contributed by atoms with Gasteiger partial charge in [-0.15, -0.1) is 5.10 Å². The SMILES string of the molecule is CCCCn1c(SCC(=O)Nc2ccc([C@@H](C)CC)cc2)n[nH]c1=O. The Balaban J connectivity index is 1.90. The lowest BCUT2D eigenvalue weighted by atomic mass is 9.99. The van der Waals surface area contributed by atoms with Crippen LogP contribution in [0.3, 0.4) is 0 Å². The van der Waals surface area contributed by atoms with Crippen LogP contribution >= 0.6 is 11.8 Å². The Labute approximate surface area is 152 Å². The molecule has 0 unspecified atom stereocenters. The van der Waals surface area contributed by atoms with Crippen LogP contribution in [0.2, 0.25) is 0 Å². The van der Waals surface area contributed by atoms with Gasteiger partial charge in [0.1, 0.15) is 0 Å². The molecule has 0 radical (unpaired) electrons. The number of amides is 1. The Bertz CT molecular complexity index is 736. The summed E-state index contributed by atoms with van der Waals surface area (Å²) in [5.41, 5.74) is 1.83. The minimum Gasteiger partial charge on any atom is -0.325 e. The molecule has 2 rings (SSSR count). The molecule has 0 aliphatic rings. The highest BCUT2D eigenvalue weighted by Crippen LogP contribution is 2.21. The largest absolute Gasteiger partial charge is 0.343 e. The molecule has 2 N–H and O–H groups in total. The van der Waals surface area contributed by atoms with Crippen molar-refractivity contribution in [1.82, 2.24) is 14.8 Å². The number of rotatable bonds is 9. The number of aromatic amines is 1. The zero-order valence-electron chi connectivity index (χ0n) is 15.0. The van der Waals surface area contributed by atoms with Gasteiger partial charge in [0.15, 0.2) is 5.16 Å². The monoisotopic (exact) mass is 362 g/mol. The topological polar surface area (TPSA) is 79.8 Å². The van der Waals surface area contributed by atoms with Gasteiger partial charge in [-0.05, 0) is 36.5 Å². The van der Waals surface area contributed by atoms with Gasteiger partial charge in [0.2, 0.25) is 5.91 Å². The number of nitrogens with zero attached hydrogens (tertiary/aromatic N) is 2. The van der Waals surface area contributed by atoms with E-state index in [-0.39, 0.29) is 17.3 Å². The second-order valence-corrected chi connectivity index (χ2v) is 7.03. The molecule has 7 heteroatoms. The van der Waals surface area contributed by atoms with E-state index in [0.717, 1.165) is 24.9 Å². The van der Waals surface area contributed by atoms with Crippen molar-refractivity contribution in [3.8, 4) is 0 Å². The van der Waals surface area contributed by atoms with Crippen molar-refractivity contribution in [2.45, 2.75) is 57.7 Å². The molecular formula is C18H26N4O2S. The van der Waals surface area contributed by atoms with E-state index in [1.165, 1.54) is 17.3 Å². The normalized spacial score (nSPS) is 12.1. The molecule has 0 aliphatic carbocycles. The van der Waals surface area contributed by atoms with Gasteiger partial charge in [-0.25, -0.2) is 9.89 Å². The summed E-state index contributed by atoms with van der Waals surface area (Å²) in [5.74, 6) is 0.613. The van der Waals surface area contributed by atoms with Gasteiger partial charge < -0.3 is 5.32 Å². The van der Waals surface area contributed by atoms with Crippen molar-refractivity contribution >= 4 is 23.4 Å². The molecule has 136 valence electrons. The average Bonchev–Trinajstić information content (AvgIpc) is 2.98. The van der Waals surface area contributed by atoms with Crippen molar-refractivity contribution in [2.75, 3.05) is 11.1 Å². The van der Waals surface area contributed by atoms with Crippen molar-refractivity contribution in [2.24, 2.45) is 0 Å². The second-order valence-electron chi connectivity index (χ2n) is 6.08. The van der Waals surface area contributed by atoms with Crippen LogP contribution in [0.4, 0.5) is 5.69 Å². The molecule has 0 saturated carbocycles. The standard InChI is InChI=1S/C18H26N4O2S/c1-4-6-11-22-17(24)20-21-18(22)25-12-16(23)19-15-9-7-14(8-10-15)13(3)5-2/h7-10,13H,4-6,11-12H2,1-3H3,(H,19,23)(H,20,24)/t13-/m0/s1. The fourth-order valence-corrected chi connectivity index (χ4v) is 3.16. The van der Waals surface area contributed by atoms with Crippen LogP contribution < -0.4 is 11.0 Å². The number of benzene rings is 1. The Morgan fingerprint density at radius 2 is 2.04 bits per heavy atom. The summed E-state index contributed by atoms with van der Waals surface area (Å²) in [5, 5.41) is 9.88. The zero-order valence-corrected chi connectivity index (χ0v) is 15.9. The summed E-state index contributed by atoms with van der Waals surface area (Å²) in [6, 6.07) is 7.95. The number of nitrogens with one attached hydrogen (secondary N) is 2. The fraction of sp³-hybridized carbons (Fsp3) is 0.500. The number of aromatic nitrogens is 3. The molecule has 1 heterocycles. The molecule has 6 nitrogen and oxygen atoms in total. The third-order valence-corrected chi connectivity index (χ3v) is 5.14. The van der Waals surface area contributed by atoms with Crippen LogP contribution in [0.1, 0.15) is 51.5 Å². The first-order valence-electron chi connectivity index (χ1n) is 8.73. The van der Waals surface area contributed by atoms with Crippen LogP contribution in [-0.2, 0) is 11.3 Å². The lowest BCUT2D eigenvalue weighted by Crippen LogP contribution is -2.19. The maximum Gasteiger partial charge on any atom is 0.343 e. The lowest BCUT2D eigenvalue weighted by molar-refractivity contribution is -0.113. The number of hydrogen-bond donors (Lipinski definition) is 2. The van der Waals surface area contributed by atoms with E-state index in [2.05, 4.69) is 36.3 Å². The van der Waals surface area contributed by atoms with Gasteiger partial charge >= 0.3 is 5.69 Å². The minimum atomic E-state index is -0.225. The van der Waals surface area contributed by atoms with Gasteiger partial charge in [0.05, 0.1) is 5.75 Å². The van der Waals surface area contributed by atoms with Gasteiger partial charge in [-0.3, -0.25) is 9.36 Å².